The van der Waals surface area contributed by atoms with Crippen molar-refractivity contribution in [3.63, 3.8) is 0 Å². The molecule has 9 heteroatoms. The predicted molar refractivity (Wildman–Crippen MR) is 103 cm³/mol. The van der Waals surface area contributed by atoms with Crippen LogP contribution in [0, 0.1) is 20.2 Å². The van der Waals surface area contributed by atoms with Crippen LogP contribution in [-0.2, 0) is 0 Å². The summed E-state index contributed by atoms with van der Waals surface area (Å²) >= 11 is 0. The third-order valence-electron chi connectivity index (χ3n) is 3.65. The van der Waals surface area contributed by atoms with E-state index in [1.807, 2.05) is 6.07 Å². The maximum atomic E-state index is 10.8. The van der Waals surface area contributed by atoms with Gasteiger partial charge in [0.1, 0.15) is 5.75 Å². The molecule has 1 N–H and O–H groups in total. The van der Waals surface area contributed by atoms with Gasteiger partial charge < -0.3 is 4.74 Å². The number of ether oxygens (including phenoxy) is 1. The Morgan fingerprint density at radius 1 is 0.786 bits per heavy atom. The SMILES string of the molecule is O=[N+]([O-])c1ccc(N/N=C(/Oc2ccccc2)c2ccc([N+](=O)[O-])cc2)cc1. The van der Waals surface area contributed by atoms with E-state index < -0.39 is 9.85 Å². The average molecular weight is 378 g/mol. The van der Waals surface area contributed by atoms with Gasteiger partial charge in [0, 0.05) is 29.8 Å². The topological polar surface area (TPSA) is 120 Å². The van der Waals surface area contributed by atoms with Crippen LogP contribution in [0.4, 0.5) is 17.1 Å². The number of nitrogens with one attached hydrogen (secondary N) is 1. The zero-order valence-corrected chi connectivity index (χ0v) is 14.4. The lowest BCUT2D eigenvalue weighted by molar-refractivity contribution is -0.385. The molecule has 28 heavy (non-hydrogen) atoms. The van der Waals surface area contributed by atoms with Crippen molar-refractivity contribution in [2.75, 3.05) is 5.43 Å². The summed E-state index contributed by atoms with van der Waals surface area (Å²) in [6.45, 7) is 0. The first kappa shape index (κ1) is 18.5. The largest absolute Gasteiger partial charge is 0.437 e. The Bertz CT molecular complexity index is 1000. The van der Waals surface area contributed by atoms with Crippen LogP contribution < -0.4 is 10.2 Å². The van der Waals surface area contributed by atoms with Gasteiger partial charge in [-0.2, -0.15) is 0 Å². The molecule has 0 bridgehead atoms. The normalized spacial score (nSPS) is 10.9. The van der Waals surface area contributed by atoms with Crippen molar-refractivity contribution in [2.24, 2.45) is 5.10 Å². The van der Waals surface area contributed by atoms with E-state index in [0.29, 0.717) is 17.0 Å². The van der Waals surface area contributed by atoms with Crippen molar-refractivity contribution in [1.29, 1.82) is 0 Å². The number of benzene rings is 3. The monoisotopic (exact) mass is 378 g/mol. The quantitative estimate of drug-likeness (QED) is 0.294. The maximum Gasteiger partial charge on any atom is 0.269 e. The summed E-state index contributed by atoms with van der Waals surface area (Å²) in [5.74, 6) is 0.713. The van der Waals surface area contributed by atoms with Crippen molar-refractivity contribution < 1.29 is 14.6 Å². The van der Waals surface area contributed by atoms with Crippen LogP contribution in [0.3, 0.4) is 0 Å². The van der Waals surface area contributed by atoms with Crippen LogP contribution >= 0.6 is 0 Å². The molecule has 0 saturated carbocycles. The molecule has 0 saturated heterocycles. The zero-order chi connectivity index (χ0) is 19.9. The Balaban J connectivity index is 1.87. The van der Waals surface area contributed by atoms with Gasteiger partial charge >= 0.3 is 0 Å². The Morgan fingerprint density at radius 2 is 1.32 bits per heavy atom. The molecule has 0 fully saturated rings. The fourth-order valence-electron chi connectivity index (χ4n) is 2.25. The number of hydrogen-bond acceptors (Lipinski definition) is 7. The summed E-state index contributed by atoms with van der Waals surface area (Å²) in [5.41, 5.74) is 3.72. The van der Waals surface area contributed by atoms with Crippen molar-refractivity contribution in [3.8, 4) is 5.75 Å². The van der Waals surface area contributed by atoms with E-state index in [2.05, 4.69) is 10.5 Å². The molecule has 0 amide bonds. The molecular formula is C19H14N4O5. The molecule has 9 nitrogen and oxygen atoms in total. The number of para-hydroxylation sites is 1. The van der Waals surface area contributed by atoms with Crippen molar-refractivity contribution in [1.82, 2.24) is 0 Å². The first-order valence-electron chi connectivity index (χ1n) is 8.09. The second kappa shape index (κ2) is 8.41. The Morgan fingerprint density at radius 3 is 1.86 bits per heavy atom. The number of nitrogens with zero attached hydrogens (tertiary/aromatic N) is 3. The van der Waals surface area contributed by atoms with E-state index in [-0.39, 0.29) is 17.3 Å². The van der Waals surface area contributed by atoms with Crippen molar-refractivity contribution in [3.05, 3.63) is 105 Å². The summed E-state index contributed by atoms with van der Waals surface area (Å²) in [7, 11) is 0. The highest BCUT2D eigenvalue weighted by Crippen LogP contribution is 2.18. The first-order chi connectivity index (χ1) is 13.5. The minimum Gasteiger partial charge on any atom is -0.437 e. The van der Waals surface area contributed by atoms with Crippen LogP contribution in [0.5, 0.6) is 5.75 Å². The number of non-ortho nitro benzene ring substituents is 2. The Hall–Kier alpha value is -4.27. The third kappa shape index (κ3) is 4.67. The molecule has 0 radical (unpaired) electrons. The molecule has 0 aliphatic carbocycles. The minimum absolute atomic E-state index is 0.0364. The van der Waals surface area contributed by atoms with Gasteiger partial charge in [0.25, 0.3) is 11.4 Å². The predicted octanol–water partition coefficient (Wildman–Crippen LogP) is 4.36. The summed E-state index contributed by atoms with van der Waals surface area (Å²) in [6.07, 6.45) is 0. The molecular weight excluding hydrogens is 364 g/mol. The molecule has 0 aliphatic heterocycles. The van der Waals surface area contributed by atoms with E-state index in [9.17, 15) is 20.2 Å². The highest BCUT2D eigenvalue weighted by Gasteiger charge is 2.11. The standard InChI is InChI=1S/C19H14N4O5/c24-22(25)16-10-6-14(7-11-16)19(28-18-4-2-1-3-5-18)21-20-15-8-12-17(13-9-15)23(26)27/h1-13,20H/b21-19+. The zero-order valence-electron chi connectivity index (χ0n) is 14.4. The smallest absolute Gasteiger partial charge is 0.269 e. The van der Waals surface area contributed by atoms with Gasteiger partial charge in [0.05, 0.1) is 15.5 Å². The number of hydrogen-bond donors (Lipinski definition) is 1. The number of nitro benzene ring substituents is 2. The van der Waals surface area contributed by atoms with Gasteiger partial charge in [-0.1, -0.05) is 18.2 Å². The van der Waals surface area contributed by atoms with Gasteiger partial charge in [-0.05, 0) is 36.4 Å². The second-order valence-electron chi connectivity index (χ2n) is 5.55. The highest BCUT2D eigenvalue weighted by molar-refractivity contribution is 5.96. The third-order valence-corrected chi connectivity index (χ3v) is 3.65. The second-order valence-corrected chi connectivity index (χ2v) is 5.55. The molecule has 0 aliphatic rings. The van der Waals surface area contributed by atoms with Gasteiger partial charge in [0.15, 0.2) is 0 Å². The Labute approximate surface area is 159 Å². The van der Waals surface area contributed by atoms with Crippen LogP contribution in [0.1, 0.15) is 5.56 Å². The fraction of sp³-hybridized carbons (Fsp3) is 0. The lowest BCUT2D eigenvalue weighted by Gasteiger charge is -2.10. The van der Waals surface area contributed by atoms with E-state index in [4.69, 9.17) is 4.74 Å². The molecule has 0 spiro atoms. The molecule has 0 aromatic heterocycles. The summed E-state index contributed by atoms with van der Waals surface area (Å²) in [6, 6.07) is 20.4. The van der Waals surface area contributed by atoms with Crippen LogP contribution in [-0.4, -0.2) is 15.7 Å². The summed E-state index contributed by atoms with van der Waals surface area (Å²) in [4.78, 5) is 20.6. The van der Waals surface area contributed by atoms with E-state index >= 15 is 0 Å². The van der Waals surface area contributed by atoms with Crippen LogP contribution in [0.15, 0.2) is 84.0 Å². The molecule has 0 atom stereocenters. The van der Waals surface area contributed by atoms with Crippen molar-refractivity contribution in [2.45, 2.75) is 0 Å². The molecule has 3 rings (SSSR count). The first-order valence-corrected chi connectivity index (χ1v) is 8.09. The van der Waals surface area contributed by atoms with Crippen molar-refractivity contribution >= 4 is 23.0 Å². The van der Waals surface area contributed by atoms with Gasteiger partial charge in [-0.15, -0.1) is 5.10 Å². The van der Waals surface area contributed by atoms with Gasteiger partial charge in [-0.25, -0.2) is 0 Å². The fourth-order valence-corrected chi connectivity index (χ4v) is 2.25. The van der Waals surface area contributed by atoms with E-state index in [0.717, 1.165) is 0 Å². The highest BCUT2D eigenvalue weighted by atomic mass is 16.6. The van der Waals surface area contributed by atoms with Gasteiger partial charge in [-0.3, -0.25) is 25.7 Å². The minimum atomic E-state index is -0.492. The number of anilines is 1. The summed E-state index contributed by atoms with van der Waals surface area (Å²) in [5, 5.41) is 25.8. The Kier molecular flexibility index (Phi) is 5.56. The van der Waals surface area contributed by atoms with Gasteiger partial charge in [0.2, 0.25) is 5.90 Å². The number of hydrazone groups is 1. The van der Waals surface area contributed by atoms with E-state index in [1.54, 1.807) is 24.3 Å². The molecule has 3 aromatic carbocycles. The maximum absolute atomic E-state index is 10.8. The van der Waals surface area contributed by atoms with Crippen LogP contribution in [0.2, 0.25) is 0 Å². The van der Waals surface area contributed by atoms with E-state index in [1.165, 1.54) is 48.5 Å². The molecule has 140 valence electrons. The number of rotatable bonds is 6. The van der Waals surface area contributed by atoms with Crippen LogP contribution in [0.25, 0.3) is 0 Å². The lowest BCUT2D eigenvalue weighted by atomic mass is 10.2. The number of nitro groups is 2. The molecule has 3 aromatic rings. The summed E-state index contributed by atoms with van der Waals surface area (Å²) < 4.78 is 5.79. The molecule has 0 heterocycles. The lowest BCUT2D eigenvalue weighted by Crippen LogP contribution is -2.13. The molecule has 0 unspecified atom stereocenters. The average Bonchev–Trinajstić information content (AvgIpc) is 2.72.